The van der Waals surface area contributed by atoms with Gasteiger partial charge < -0.3 is 4.74 Å². The maximum absolute atomic E-state index is 11.5. The molecule has 0 aliphatic rings. The van der Waals surface area contributed by atoms with Crippen molar-refractivity contribution in [1.82, 2.24) is 0 Å². The number of hydrogen-bond acceptors (Lipinski definition) is 3. The molecule has 94 valence electrons. The van der Waals surface area contributed by atoms with E-state index in [-0.39, 0.29) is 5.78 Å². The molecule has 3 nitrogen and oxygen atoms in total. The van der Waals surface area contributed by atoms with Crippen molar-refractivity contribution in [3.63, 3.8) is 0 Å². The van der Waals surface area contributed by atoms with E-state index >= 15 is 0 Å². The van der Waals surface area contributed by atoms with E-state index in [1.165, 1.54) is 13.0 Å². The highest BCUT2D eigenvalue weighted by atomic mass is 16.5. The number of esters is 1. The van der Waals surface area contributed by atoms with Gasteiger partial charge in [0.05, 0.1) is 0 Å². The Morgan fingerprint density at radius 3 is 2.44 bits per heavy atom. The average molecular weight is 244 g/mol. The number of carbonyl (C=O) groups is 2. The lowest BCUT2D eigenvalue weighted by Gasteiger charge is -2.06. The molecule has 0 N–H and O–H groups in total. The van der Waals surface area contributed by atoms with Crippen LogP contribution >= 0.6 is 0 Å². The number of ether oxygens (including phenoxy) is 1. The molecule has 1 aromatic carbocycles. The Kier molecular flexibility index (Phi) is 5.58. The highest BCUT2D eigenvalue weighted by Gasteiger charge is 2.11. The molecule has 0 bridgehead atoms. The largest absolute Gasteiger partial charge is 0.454 e. The third-order valence-corrected chi connectivity index (χ3v) is 2.20. The van der Waals surface area contributed by atoms with Crippen LogP contribution in [-0.4, -0.2) is 17.9 Å². The third-order valence-electron chi connectivity index (χ3n) is 2.20. The van der Waals surface area contributed by atoms with Crippen LogP contribution in [-0.2, 0) is 14.3 Å². The molecule has 1 atom stereocenters. The quantitative estimate of drug-likeness (QED) is 0.454. The molecule has 0 spiro atoms. The summed E-state index contributed by atoms with van der Waals surface area (Å²) >= 11 is 0. The fourth-order valence-electron chi connectivity index (χ4n) is 1.32. The van der Waals surface area contributed by atoms with Gasteiger partial charge in [0, 0.05) is 6.92 Å². The summed E-state index contributed by atoms with van der Waals surface area (Å²) in [5.41, 5.74) is 1.06. The van der Waals surface area contributed by atoms with Gasteiger partial charge in [0.1, 0.15) is 0 Å². The molecule has 0 saturated heterocycles. The maximum atomic E-state index is 11.5. The van der Waals surface area contributed by atoms with E-state index in [0.29, 0.717) is 0 Å². The molecule has 0 radical (unpaired) electrons. The first-order chi connectivity index (χ1) is 8.59. The highest BCUT2D eigenvalue weighted by molar-refractivity contribution is 5.94. The first-order valence-electron chi connectivity index (χ1n) is 5.70. The van der Waals surface area contributed by atoms with Crippen LogP contribution in [0.2, 0.25) is 0 Å². The van der Waals surface area contributed by atoms with E-state index in [9.17, 15) is 9.59 Å². The normalized spacial score (nSPS) is 12.8. The van der Waals surface area contributed by atoms with Crippen molar-refractivity contribution in [1.29, 1.82) is 0 Å². The third kappa shape index (κ3) is 5.25. The molecule has 0 fully saturated rings. The summed E-state index contributed by atoms with van der Waals surface area (Å²) in [7, 11) is 0. The van der Waals surface area contributed by atoms with Crippen molar-refractivity contribution in [2.24, 2.45) is 0 Å². The number of benzene rings is 1. The molecule has 0 aromatic heterocycles. The Morgan fingerprint density at radius 2 is 1.83 bits per heavy atom. The second kappa shape index (κ2) is 7.22. The van der Waals surface area contributed by atoms with Gasteiger partial charge in [0.25, 0.3) is 0 Å². The fourth-order valence-corrected chi connectivity index (χ4v) is 1.32. The number of carbonyl (C=O) groups excluding carboxylic acids is 2. The number of hydrogen-bond donors (Lipinski definition) is 0. The zero-order valence-corrected chi connectivity index (χ0v) is 10.5. The second-order valence-corrected chi connectivity index (χ2v) is 3.78. The zero-order valence-electron chi connectivity index (χ0n) is 10.5. The van der Waals surface area contributed by atoms with E-state index in [1.54, 1.807) is 19.1 Å². The molecule has 0 aliphatic carbocycles. The van der Waals surface area contributed by atoms with E-state index < -0.39 is 12.1 Å². The van der Waals surface area contributed by atoms with Crippen LogP contribution < -0.4 is 0 Å². The monoisotopic (exact) mass is 244 g/mol. The minimum atomic E-state index is -0.733. The second-order valence-electron chi connectivity index (χ2n) is 3.78. The molecular formula is C15H16O3. The maximum Gasteiger partial charge on any atom is 0.303 e. The summed E-state index contributed by atoms with van der Waals surface area (Å²) < 4.78 is 4.76. The molecule has 3 heteroatoms. The van der Waals surface area contributed by atoms with Crippen LogP contribution in [0.3, 0.4) is 0 Å². The van der Waals surface area contributed by atoms with Crippen LogP contribution in [0, 0.1) is 0 Å². The molecule has 18 heavy (non-hydrogen) atoms. The van der Waals surface area contributed by atoms with Gasteiger partial charge in [-0.25, -0.2) is 0 Å². The Hall–Kier alpha value is -2.16. The van der Waals surface area contributed by atoms with Crippen molar-refractivity contribution in [2.75, 3.05) is 0 Å². The smallest absolute Gasteiger partial charge is 0.303 e. The lowest BCUT2D eigenvalue weighted by molar-refractivity contribution is -0.150. The number of allylic oxidation sites excluding steroid dienone is 2. The van der Waals surface area contributed by atoms with Crippen LogP contribution in [0.1, 0.15) is 19.4 Å². The molecule has 1 aromatic rings. The summed E-state index contributed by atoms with van der Waals surface area (Å²) in [5.74, 6) is -0.688. The van der Waals surface area contributed by atoms with Gasteiger partial charge in [-0.2, -0.15) is 0 Å². The van der Waals surface area contributed by atoms with E-state index in [2.05, 4.69) is 0 Å². The van der Waals surface area contributed by atoms with E-state index in [4.69, 9.17) is 4.74 Å². The standard InChI is InChI=1S/C15H16O3/c1-12(18-13(2)16)15(17)11-7-6-10-14-8-4-3-5-9-14/h3-12H,1-2H3/b10-6+,11-7+/t12-/m0/s1. The minimum absolute atomic E-state index is 0.233. The van der Waals surface area contributed by atoms with Crippen LogP contribution in [0.4, 0.5) is 0 Å². The molecule has 0 aliphatic heterocycles. The van der Waals surface area contributed by atoms with Crippen LogP contribution in [0.25, 0.3) is 6.08 Å². The summed E-state index contributed by atoms with van der Waals surface area (Å²) in [6.45, 7) is 2.83. The Morgan fingerprint density at radius 1 is 1.17 bits per heavy atom. The van der Waals surface area contributed by atoms with E-state index in [1.807, 2.05) is 36.4 Å². The van der Waals surface area contributed by atoms with Gasteiger partial charge in [0.2, 0.25) is 0 Å². The number of ketones is 1. The summed E-state index contributed by atoms with van der Waals surface area (Å²) in [6, 6.07) is 9.76. The molecular weight excluding hydrogens is 228 g/mol. The SMILES string of the molecule is CC(=O)O[C@@H](C)C(=O)/C=C/C=C/c1ccccc1. The molecule has 0 unspecified atom stereocenters. The van der Waals surface area contributed by atoms with Crippen molar-refractivity contribution in [3.05, 3.63) is 54.1 Å². The van der Waals surface area contributed by atoms with Crippen molar-refractivity contribution in [3.8, 4) is 0 Å². The summed E-state index contributed by atoms with van der Waals surface area (Å²) in [5, 5.41) is 0. The van der Waals surface area contributed by atoms with Gasteiger partial charge in [-0.3, -0.25) is 9.59 Å². The van der Waals surface area contributed by atoms with Crippen molar-refractivity contribution >= 4 is 17.8 Å². The number of rotatable bonds is 5. The van der Waals surface area contributed by atoms with Crippen molar-refractivity contribution < 1.29 is 14.3 Å². The molecule has 0 heterocycles. The topological polar surface area (TPSA) is 43.4 Å². The summed E-state index contributed by atoms with van der Waals surface area (Å²) in [4.78, 5) is 22.2. The lowest BCUT2D eigenvalue weighted by Crippen LogP contribution is -2.20. The Bertz CT molecular complexity index is 458. The zero-order chi connectivity index (χ0) is 13.4. The van der Waals surface area contributed by atoms with Gasteiger partial charge in [-0.15, -0.1) is 0 Å². The Balaban J connectivity index is 2.48. The van der Waals surface area contributed by atoms with Crippen molar-refractivity contribution in [2.45, 2.75) is 20.0 Å². The summed E-state index contributed by atoms with van der Waals surface area (Å²) in [6.07, 6.45) is 5.96. The van der Waals surface area contributed by atoms with Crippen LogP contribution in [0.5, 0.6) is 0 Å². The molecule has 1 rings (SSSR count). The predicted octanol–water partition coefficient (Wildman–Crippen LogP) is 2.78. The van der Waals surface area contributed by atoms with E-state index in [0.717, 1.165) is 5.56 Å². The molecule has 0 saturated carbocycles. The first-order valence-corrected chi connectivity index (χ1v) is 5.70. The van der Waals surface area contributed by atoms with Gasteiger partial charge in [-0.1, -0.05) is 48.6 Å². The minimum Gasteiger partial charge on any atom is -0.454 e. The van der Waals surface area contributed by atoms with Crippen LogP contribution in [0.15, 0.2) is 48.6 Å². The van der Waals surface area contributed by atoms with Gasteiger partial charge in [-0.05, 0) is 18.6 Å². The Labute approximate surface area is 107 Å². The van der Waals surface area contributed by atoms with Gasteiger partial charge >= 0.3 is 5.97 Å². The highest BCUT2D eigenvalue weighted by Crippen LogP contribution is 2.01. The predicted molar refractivity (Wildman–Crippen MR) is 70.9 cm³/mol. The van der Waals surface area contributed by atoms with Gasteiger partial charge in [0.15, 0.2) is 11.9 Å². The first kappa shape index (κ1) is 13.9. The fraction of sp³-hybridized carbons (Fsp3) is 0.200. The average Bonchev–Trinajstić information content (AvgIpc) is 2.34. The lowest BCUT2D eigenvalue weighted by atomic mass is 10.2. The molecule has 0 amide bonds.